The number of carbonyl (C=O) groups is 3. The smallest absolute Gasteiger partial charge is 0.408 e. The molecule has 4 rings (SSSR count). The van der Waals surface area contributed by atoms with E-state index in [1.807, 2.05) is 67.6 Å². The molecule has 182 valence electrons. The Morgan fingerprint density at radius 2 is 1.66 bits per heavy atom. The Hall–Kier alpha value is -4.07. The summed E-state index contributed by atoms with van der Waals surface area (Å²) >= 11 is 0. The van der Waals surface area contributed by atoms with Crippen molar-refractivity contribution in [3.63, 3.8) is 0 Å². The van der Waals surface area contributed by atoms with E-state index in [2.05, 4.69) is 5.32 Å². The van der Waals surface area contributed by atoms with E-state index in [0.717, 1.165) is 22.5 Å². The van der Waals surface area contributed by atoms with E-state index in [1.165, 1.54) is 4.90 Å². The van der Waals surface area contributed by atoms with Gasteiger partial charge in [0.05, 0.1) is 12.3 Å². The van der Waals surface area contributed by atoms with Gasteiger partial charge in [0.2, 0.25) is 5.91 Å². The van der Waals surface area contributed by atoms with Crippen LogP contribution < -0.4 is 5.32 Å². The third kappa shape index (κ3) is 6.50. The maximum Gasteiger partial charge on any atom is 0.408 e. The maximum atomic E-state index is 12.8. The molecule has 0 radical (unpaired) electrons. The van der Waals surface area contributed by atoms with E-state index in [1.54, 1.807) is 12.3 Å². The number of amides is 2. The lowest BCUT2D eigenvalue weighted by Crippen LogP contribution is -2.71. The number of nitrogens with one attached hydrogen (secondary N) is 1. The van der Waals surface area contributed by atoms with Gasteiger partial charge in [-0.15, -0.1) is 0 Å². The molecule has 1 saturated heterocycles. The zero-order chi connectivity index (χ0) is 24.6. The summed E-state index contributed by atoms with van der Waals surface area (Å²) in [6.07, 6.45) is 1.96. The lowest BCUT2D eigenvalue weighted by Gasteiger charge is -2.46. The van der Waals surface area contributed by atoms with Crippen molar-refractivity contribution in [3.8, 4) is 0 Å². The molecule has 1 aromatic heterocycles. The fraction of sp³-hybridized carbons (Fsp3) is 0.296. The van der Waals surface area contributed by atoms with Crippen LogP contribution in [-0.4, -0.2) is 41.5 Å². The summed E-state index contributed by atoms with van der Waals surface area (Å²) in [6.45, 7) is 2.02. The number of furan rings is 1. The minimum Gasteiger partial charge on any atom is -0.469 e. The van der Waals surface area contributed by atoms with Gasteiger partial charge >= 0.3 is 12.1 Å². The number of rotatable bonds is 10. The first-order valence-corrected chi connectivity index (χ1v) is 11.5. The van der Waals surface area contributed by atoms with Gasteiger partial charge in [0, 0.05) is 6.42 Å². The van der Waals surface area contributed by atoms with Crippen LogP contribution in [0.3, 0.4) is 0 Å². The summed E-state index contributed by atoms with van der Waals surface area (Å²) in [4.78, 5) is 39.0. The van der Waals surface area contributed by atoms with Crippen LogP contribution >= 0.6 is 0 Å². The average Bonchev–Trinajstić information content (AvgIpc) is 3.40. The summed E-state index contributed by atoms with van der Waals surface area (Å²) < 4.78 is 16.0. The van der Waals surface area contributed by atoms with E-state index in [0.29, 0.717) is 12.8 Å². The number of β-lactam (4-membered cyclic amide) rings is 1. The summed E-state index contributed by atoms with van der Waals surface area (Å²) in [6, 6.07) is 19.4. The fourth-order valence-corrected chi connectivity index (χ4v) is 3.95. The number of nitrogens with zero attached hydrogens (tertiary/aromatic N) is 1. The molecule has 35 heavy (non-hydrogen) atoms. The van der Waals surface area contributed by atoms with E-state index in [4.69, 9.17) is 13.9 Å². The van der Waals surface area contributed by atoms with Crippen LogP contribution in [0.25, 0.3) is 0 Å². The molecule has 2 amide bonds. The lowest BCUT2D eigenvalue weighted by molar-refractivity contribution is -0.162. The Morgan fingerprint density at radius 1 is 0.943 bits per heavy atom. The number of aryl methyl sites for hydroxylation is 2. The standard InChI is InChI=1S/C27H28N2O6/c1-19-9-11-21(12-10-19)17-34-24(30)16-29-23(14-13-22-8-5-15-33-22)25(26(29)31)28-27(32)35-18-20-6-3-2-4-7-20/h2-12,15,23,25H,13-14,16-18H2,1H3,(H,28,32)/t23-,25+/m1/s1. The van der Waals surface area contributed by atoms with Gasteiger partial charge < -0.3 is 24.1 Å². The van der Waals surface area contributed by atoms with Crippen LogP contribution in [0.1, 0.15) is 28.9 Å². The van der Waals surface area contributed by atoms with Crippen molar-refractivity contribution in [3.05, 3.63) is 95.4 Å². The molecule has 1 aliphatic heterocycles. The number of hydrogen-bond acceptors (Lipinski definition) is 6. The first kappa shape index (κ1) is 24.1. The zero-order valence-corrected chi connectivity index (χ0v) is 19.5. The fourth-order valence-electron chi connectivity index (χ4n) is 3.95. The van der Waals surface area contributed by atoms with Gasteiger partial charge in [-0.1, -0.05) is 60.2 Å². The highest BCUT2D eigenvalue weighted by atomic mass is 16.5. The molecule has 2 aromatic carbocycles. The van der Waals surface area contributed by atoms with Crippen molar-refractivity contribution < 1.29 is 28.3 Å². The van der Waals surface area contributed by atoms with Crippen molar-refractivity contribution in [2.45, 2.75) is 45.1 Å². The predicted octanol–water partition coefficient (Wildman–Crippen LogP) is 3.77. The number of ether oxygens (including phenoxy) is 2. The lowest BCUT2D eigenvalue weighted by atomic mass is 9.90. The summed E-state index contributed by atoms with van der Waals surface area (Å²) in [5, 5.41) is 2.65. The molecule has 3 aromatic rings. The van der Waals surface area contributed by atoms with E-state index < -0.39 is 18.1 Å². The molecule has 0 aliphatic carbocycles. The summed E-state index contributed by atoms with van der Waals surface area (Å²) in [5.74, 6) is -0.0953. The molecule has 0 spiro atoms. The average molecular weight is 477 g/mol. The highest BCUT2D eigenvalue weighted by molar-refractivity contribution is 5.94. The van der Waals surface area contributed by atoms with Crippen LogP contribution in [0.5, 0.6) is 0 Å². The van der Waals surface area contributed by atoms with Gasteiger partial charge in [-0.3, -0.25) is 9.59 Å². The first-order chi connectivity index (χ1) is 17.0. The number of esters is 1. The second-order valence-electron chi connectivity index (χ2n) is 8.48. The molecule has 1 aliphatic rings. The van der Waals surface area contributed by atoms with E-state index in [-0.39, 0.29) is 31.7 Å². The summed E-state index contributed by atoms with van der Waals surface area (Å²) in [5.41, 5.74) is 2.83. The highest BCUT2D eigenvalue weighted by Gasteiger charge is 2.48. The minimum atomic E-state index is -0.780. The first-order valence-electron chi connectivity index (χ1n) is 11.5. The zero-order valence-electron chi connectivity index (χ0n) is 19.5. The Bertz CT molecular complexity index is 1130. The maximum absolute atomic E-state index is 12.8. The molecular weight excluding hydrogens is 448 g/mol. The van der Waals surface area contributed by atoms with Crippen molar-refractivity contribution in [1.82, 2.24) is 10.2 Å². The van der Waals surface area contributed by atoms with Crippen molar-refractivity contribution >= 4 is 18.0 Å². The van der Waals surface area contributed by atoms with Gasteiger partial charge in [-0.2, -0.15) is 0 Å². The van der Waals surface area contributed by atoms with Gasteiger partial charge in [-0.25, -0.2) is 4.79 Å². The Balaban J connectivity index is 1.32. The topological polar surface area (TPSA) is 98.1 Å². The number of carbonyl (C=O) groups excluding carboxylic acids is 3. The number of benzene rings is 2. The van der Waals surface area contributed by atoms with Crippen molar-refractivity contribution in [2.24, 2.45) is 0 Å². The molecule has 1 N–H and O–H groups in total. The Morgan fingerprint density at radius 3 is 2.37 bits per heavy atom. The van der Waals surface area contributed by atoms with Crippen molar-refractivity contribution in [2.75, 3.05) is 6.54 Å². The number of hydrogen-bond donors (Lipinski definition) is 1. The van der Waals surface area contributed by atoms with Gasteiger partial charge in [0.15, 0.2) is 0 Å². The molecule has 1 fully saturated rings. The summed E-state index contributed by atoms with van der Waals surface area (Å²) in [7, 11) is 0. The third-order valence-corrected chi connectivity index (χ3v) is 5.91. The van der Waals surface area contributed by atoms with Crippen LogP contribution in [0.4, 0.5) is 4.79 Å². The molecule has 8 heteroatoms. The molecule has 0 saturated carbocycles. The highest BCUT2D eigenvalue weighted by Crippen LogP contribution is 2.25. The molecule has 0 bridgehead atoms. The molecule has 2 heterocycles. The van der Waals surface area contributed by atoms with Crippen LogP contribution in [0.2, 0.25) is 0 Å². The molecule has 0 unspecified atom stereocenters. The third-order valence-electron chi connectivity index (χ3n) is 5.91. The van der Waals surface area contributed by atoms with Gasteiger partial charge in [0.25, 0.3) is 0 Å². The largest absolute Gasteiger partial charge is 0.469 e. The predicted molar refractivity (Wildman–Crippen MR) is 127 cm³/mol. The molecule has 2 atom stereocenters. The second kappa shape index (κ2) is 11.4. The van der Waals surface area contributed by atoms with Gasteiger partial charge in [-0.05, 0) is 36.6 Å². The Labute approximate surface area is 203 Å². The minimum absolute atomic E-state index is 0.0969. The Kier molecular flexibility index (Phi) is 7.82. The van der Waals surface area contributed by atoms with E-state index >= 15 is 0 Å². The van der Waals surface area contributed by atoms with E-state index in [9.17, 15) is 14.4 Å². The number of likely N-dealkylation sites (tertiary alicyclic amines) is 1. The van der Waals surface area contributed by atoms with Crippen LogP contribution in [0.15, 0.2) is 77.4 Å². The number of alkyl carbamates (subject to hydrolysis) is 1. The van der Waals surface area contributed by atoms with Crippen LogP contribution in [-0.2, 0) is 38.7 Å². The molecule has 8 nitrogen and oxygen atoms in total. The quantitative estimate of drug-likeness (QED) is 0.353. The van der Waals surface area contributed by atoms with Crippen molar-refractivity contribution in [1.29, 1.82) is 0 Å². The SMILES string of the molecule is Cc1ccc(COC(=O)CN2C(=O)[C@@H](NC(=O)OCc3ccccc3)[C@H]2CCc2ccco2)cc1. The molecular formula is C27H28N2O6. The normalized spacial score (nSPS) is 16.9. The monoisotopic (exact) mass is 476 g/mol. The van der Waals surface area contributed by atoms with Gasteiger partial charge in [0.1, 0.15) is 31.6 Å². The van der Waals surface area contributed by atoms with Crippen LogP contribution in [0, 0.1) is 6.92 Å². The second-order valence-corrected chi connectivity index (χ2v) is 8.48.